The SMILES string of the molecule is CCN(C(=O)[C@@H]1C[C@H](N(C)[C@H]2CN(C(=O)OC(C)(C)C)C[C@H]2O)CN1c1cc(C(F)(F)F)cc(C)n1)c1ccc(F)c(F)c1. The molecule has 0 radical (unpaired) electrons. The summed E-state index contributed by atoms with van der Waals surface area (Å²) >= 11 is 0. The van der Waals surface area contributed by atoms with Crippen molar-refractivity contribution >= 4 is 23.5 Å². The summed E-state index contributed by atoms with van der Waals surface area (Å²) in [5.41, 5.74) is -1.46. The van der Waals surface area contributed by atoms with Gasteiger partial charge < -0.3 is 24.5 Å². The Hall–Kier alpha value is -3.52. The smallest absolute Gasteiger partial charge is 0.416 e. The lowest BCUT2D eigenvalue weighted by Gasteiger charge is -2.32. The maximum absolute atomic E-state index is 14.1. The zero-order chi connectivity index (χ0) is 32.7. The van der Waals surface area contributed by atoms with E-state index in [0.29, 0.717) is 0 Å². The van der Waals surface area contributed by atoms with Crippen LogP contribution in [0, 0.1) is 18.6 Å². The van der Waals surface area contributed by atoms with Crippen molar-refractivity contribution in [1.29, 1.82) is 0 Å². The van der Waals surface area contributed by atoms with Gasteiger partial charge >= 0.3 is 12.3 Å². The molecule has 242 valence electrons. The van der Waals surface area contributed by atoms with E-state index < -0.39 is 65.2 Å². The molecule has 14 heteroatoms. The number of nitrogens with zero attached hydrogens (tertiary/aromatic N) is 5. The number of aliphatic hydroxyl groups is 1. The average Bonchev–Trinajstić information content (AvgIpc) is 3.53. The first-order valence-electron chi connectivity index (χ1n) is 14.4. The minimum absolute atomic E-state index is 0.0246. The second-order valence-corrected chi connectivity index (χ2v) is 12.3. The predicted molar refractivity (Wildman–Crippen MR) is 153 cm³/mol. The van der Waals surface area contributed by atoms with Gasteiger partial charge in [0.15, 0.2) is 11.6 Å². The highest BCUT2D eigenvalue weighted by atomic mass is 19.4. The van der Waals surface area contributed by atoms with Gasteiger partial charge in [0.1, 0.15) is 17.5 Å². The Morgan fingerprint density at radius 3 is 2.34 bits per heavy atom. The number of amides is 2. The standard InChI is InChI=1S/C30H38F5N5O4/c1-7-39(19-8-9-21(31)22(32)12-19)27(42)23-13-20(14-40(23)26-11-18(30(33,34)35)10-17(2)36-26)37(6)24-15-38(16-25(24)41)28(43)44-29(3,4)5/h8-12,20,23-25,41H,7,13-16H2,1-6H3/t20-,23-,24-,25+/m0/s1. The molecule has 1 aromatic heterocycles. The van der Waals surface area contributed by atoms with Crippen LogP contribution in [0.1, 0.15) is 45.4 Å². The molecule has 1 N–H and O–H groups in total. The molecule has 2 aliphatic rings. The van der Waals surface area contributed by atoms with Gasteiger partial charge in [0, 0.05) is 43.1 Å². The number of benzene rings is 1. The van der Waals surface area contributed by atoms with Gasteiger partial charge in [0.25, 0.3) is 0 Å². The summed E-state index contributed by atoms with van der Waals surface area (Å²) in [6, 6.07) is 2.83. The van der Waals surface area contributed by atoms with Crippen LogP contribution < -0.4 is 9.80 Å². The van der Waals surface area contributed by atoms with Crippen LogP contribution in [0.15, 0.2) is 30.3 Å². The topological polar surface area (TPSA) is 89.5 Å². The van der Waals surface area contributed by atoms with E-state index in [1.54, 1.807) is 34.7 Å². The highest BCUT2D eigenvalue weighted by molar-refractivity contribution is 5.99. The van der Waals surface area contributed by atoms with E-state index in [9.17, 15) is 36.6 Å². The van der Waals surface area contributed by atoms with E-state index >= 15 is 0 Å². The van der Waals surface area contributed by atoms with Crippen LogP contribution in [0.3, 0.4) is 0 Å². The molecule has 1 aromatic carbocycles. The minimum Gasteiger partial charge on any atom is -0.444 e. The normalized spacial score (nSPS) is 22.6. The maximum Gasteiger partial charge on any atom is 0.416 e. The Kier molecular flexibility index (Phi) is 9.46. The van der Waals surface area contributed by atoms with Crippen LogP contribution in [-0.2, 0) is 15.7 Å². The lowest BCUT2D eigenvalue weighted by molar-refractivity contribution is -0.137. The molecule has 0 saturated carbocycles. The number of halogens is 5. The Balaban J connectivity index is 1.66. The zero-order valence-electron chi connectivity index (χ0n) is 25.5. The summed E-state index contributed by atoms with van der Waals surface area (Å²) in [5, 5.41) is 10.9. The van der Waals surface area contributed by atoms with Crippen LogP contribution in [0.2, 0.25) is 0 Å². The predicted octanol–water partition coefficient (Wildman–Crippen LogP) is 4.60. The number of carbonyl (C=O) groups excluding carboxylic acids is 2. The molecule has 0 unspecified atom stereocenters. The van der Waals surface area contributed by atoms with Crippen molar-refractivity contribution in [2.45, 2.75) is 77.0 Å². The summed E-state index contributed by atoms with van der Waals surface area (Å²) in [7, 11) is 1.72. The molecule has 2 saturated heterocycles. The number of likely N-dealkylation sites (N-methyl/N-ethyl adjacent to an activating group) is 2. The number of aryl methyl sites for hydroxylation is 1. The van der Waals surface area contributed by atoms with Crippen molar-refractivity contribution in [3.05, 3.63) is 53.2 Å². The van der Waals surface area contributed by atoms with Crippen molar-refractivity contribution in [2.75, 3.05) is 43.0 Å². The molecule has 2 amide bonds. The first-order chi connectivity index (χ1) is 20.4. The number of hydrogen-bond acceptors (Lipinski definition) is 7. The van der Waals surface area contributed by atoms with Crippen molar-refractivity contribution in [1.82, 2.24) is 14.8 Å². The number of aliphatic hydroxyl groups excluding tert-OH is 1. The average molecular weight is 628 g/mol. The van der Waals surface area contributed by atoms with Crippen LogP contribution in [-0.4, -0.2) is 94.9 Å². The molecule has 44 heavy (non-hydrogen) atoms. The molecule has 2 fully saturated rings. The largest absolute Gasteiger partial charge is 0.444 e. The van der Waals surface area contributed by atoms with Crippen LogP contribution >= 0.6 is 0 Å². The van der Waals surface area contributed by atoms with Crippen molar-refractivity contribution in [3.63, 3.8) is 0 Å². The molecule has 0 spiro atoms. The molecular weight excluding hydrogens is 589 g/mol. The lowest BCUT2D eigenvalue weighted by atomic mass is 10.1. The van der Waals surface area contributed by atoms with E-state index in [1.807, 2.05) is 4.90 Å². The number of β-amino-alcohol motifs (C(OH)–C–C–N with tert-alkyl or cyclic N) is 1. The molecule has 0 bridgehead atoms. The van der Waals surface area contributed by atoms with E-state index in [0.717, 1.165) is 24.3 Å². The number of ether oxygens (including phenoxy) is 1. The van der Waals surface area contributed by atoms with Gasteiger partial charge in [-0.05, 0) is 72.4 Å². The van der Waals surface area contributed by atoms with Gasteiger partial charge in [-0.3, -0.25) is 9.69 Å². The molecular formula is C30H38F5N5O4. The number of carbonyl (C=O) groups is 2. The third-order valence-electron chi connectivity index (χ3n) is 7.93. The van der Waals surface area contributed by atoms with Gasteiger partial charge in [-0.15, -0.1) is 0 Å². The Bertz CT molecular complexity index is 1380. The first kappa shape index (κ1) is 33.4. The maximum atomic E-state index is 14.1. The molecule has 4 atom stereocenters. The lowest BCUT2D eigenvalue weighted by Crippen LogP contribution is -2.47. The monoisotopic (exact) mass is 627 g/mol. The second kappa shape index (κ2) is 12.5. The van der Waals surface area contributed by atoms with Gasteiger partial charge in [0.2, 0.25) is 5.91 Å². The fourth-order valence-corrected chi connectivity index (χ4v) is 5.77. The molecule has 2 aromatic rings. The van der Waals surface area contributed by atoms with Crippen molar-refractivity contribution in [2.24, 2.45) is 0 Å². The second-order valence-electron chi connectivity index (χ2n) is 12.3. The molecule has 2 aliphatic heterocycles. The van der Waals surface area contributed by atoms with Crippen LogP contribution in [0.25, 0.3) is 0 Å². The van der Waals surface area contributed by atoms with Gasteiger partial charge in [0.05, 0.1) is 24.3 Å². The van der Waals surface area contributed by atoms with E-state index in [1.165, 1.54) is 27.7 Å². The third-order valence-corrected chi connectivity index (χ3v) is 7.93. The van der Waals surface area contributed by atoms with Crippen molar-refractivity contribution in [3.8, 4) is 0 Å². The van der Waals surface area contributed by atoms with Crippen LogP contribution in [0.5, 0.6) is 0 Å². The van der Waals surface area contributed by atoms with Gasteiger partial charge in [-0.2, -0.15) is 13.2 Å². The summed E-state index contributed by atoms with van der Waals surface area (Å²) in [6.07, 6.45) is -6.05. The van der Waals surface area contributed by atoms with E-state index in [2.05, 4.69) is 4.98 Å². The number of aromatic nitrogens is 1. The first-order valence-corrected chi connectivity index (χ1v) is 14.4. The summed E-state index contributed by atoms with van der Waals surface area (Å²) in [5.74, 6) is -2.82. The van der Waals surface area contributed by atoms with Crippen LogP contribution in [0.4, 0.5) is 38.3 Å². The number of hydrogen-bond donors (Lipinski definition) is 1. The Labute approximate surface area is 253 Å². The Morgan fingerprint density at radius 1 is 1.07 bits per heavy atom. The van der Waals surface area contributed by atoms with E-state index in [4.69, 9.17) is 4.74 Å². The molecule has 0 aliphatic carbocycles. The van der Waals surface area contributed by atoms with Gasteiger partial charge in [-0.25, -0.2) is 18.6 Å². The summed E-state index contributed by atoms with van der Waals surface area (Å²) in [4.78, 5) is 37.0. The van der Waals surface area contributed by atoms with E-state index in [-0.39, 0.29) is 49.8 Å². The van der Waals surface area contributed by atoms with Gasteiger partial charge in [-0.1, -0.05) is 0 Å². The molecule has 4 rings (SSSR count). The fraction of sp³-hybridized carbons (Fsp3) is 0.567. The highest BCUT2D eigenvalue weighted by Gasteiger charge is 2.46. The van der Waals surface area contributed by atoms with Crippen molar-refractivity contribution < 1.29 is 41.4 Å². The Morgan fingerprint density at radius 2 is 1.75 bits per heavy atom. The zero-order valence-corrected chi connectivity index (χ0v) is 25.5. The summed E-state index contributed by atoms with van der Waals surface area (Å²) < 4.78 is 74.5. The summed E-state index contributed by atoms with van der Waals surface area (Å²) in [6.45, 7) is 8.58. The minimum atomic E-state index is -4.65. The number of pyridine rings is 1. The number of alkyl halides is 3. The number of anilines is 2. The molecule has 9 nitrogen and oxygen atoms in total. The quantitative estimate of drug-likeness (QED) is 0.469. The number of likely N-dealkylation sites (tertiary alicyclic amines) is 1. The fourth-order valence-electron chi connectivity index (χ4n) is 5.77. The number of rotatable bonds is 6. The molecule has 3 heterocycles. The highest BCUT2D eigenvalue weighted by Crippen LogP contribution is 2.36. The third kappa shape index (κ3) is 7.23.